The first-order valence-electron chi connectivity index (χ1n) is 12.2. The number of pyridine rings is 4. The monoisotopic (exact) mass is 806 g/mol. The van der Waals surface area contributed by atoms with Crippen LogP contribution in [0.3, 0.4) is 0 Å². The van der Waals surface area contributed by atoms with Gasteiger partial charge in [-0.25, -0.2) is 20.6 Å². The molecular weight excluding hydrogens is 785 g/mol. The average Bonchev–Trinajstić information content (AvgIpc) is 3.01. The molecule has 0 saturated heterocycles. The average molecular weight is 808 g/mol. The van der Waals surface area contributed by atoms with Gasteiger partial charge in [0.15, 0.2) is 11.6 Å². The number of carbonyl (C=O) groups excluding carboxylic acids is 2. The van der Waals surface area contributed by atoms with Crippen LogP contribution in [0.4, 0.5) is 49.6 Å². The zero-order chi connectivity index (χ0) is 37.2. The third-order valence-electron chi connectivity index (χ3n) is 3.83. The Morgan fingerprint density at radius 2 is 0.900 bits per heavy atom. The fraction of sp³-hybridized carbons (Fsp3) is 0.143. The third kappa shape index (κ3) is 26.4. The van der Waals surface area contributed by atoms with Crippen molar-refractivity contribution in [1.29, 1.82) is 10.5 Å². The van der Waals surface area contributed by atoms with Gasteiger partial charge in [0.2, 0.25) is 0 Å². The van der Waals surface area contributed by atoms with Crippen molar-refractivity contribution in [3.05, 3.63) is 119 Å². The van der Waals surface area contributed by atoms with Gasteiger partial charge in [0.25, 0.3) is 0 Å². The maximum Gasteiger partial charge on any atom is 2.00 e. The summed E-state index contributed by atoms with van der Waals surface area (Å²) in [6.45, 7) is 2.86. The van der Waals surface area contributed by atoms with Crippen LogP contribution in [0.2, 0.25) is 0 Å². The van der Waals surface area contributed by atoms with Gasteiger partial charge in [0.05, 0.1) is 12.1 Å². The summed E-state index contributed by atoms with van der Waals surface area (Å²) in [5, 5.41) is 62.8. The van der Waals surface area contributed by atoms with Gasteiger partial charge in [-0.1, -0.05) is 24.3 Å². The predicted octanol–water partition coefficient (Wildman–Crippen LogP) is 3.76. The summed E-state index contributed by atoms with van der Waals surface area (Å²) >= 11 is 0. The zero-order valence-corrected chi connectivity index (χ0v) is 27.0. The Labute approximate surface area is 301 Å². The number of hydrogen-bond acceptors (Lipinski definition) is 10. The van der Waals surface area contributed by atoms with Crippen molar-refractivity contribution < 1.29 is 89.7 Å². The fourth-order valence-electron chi connectivity index (χ4n) is 2.09. The first-order chi connectivity index (χ1) is 22.4. The van der Waals surface area contributed by atoms with E-state index in [9.17, 15) is 36.8 Å². The molecular formula is C28H22Cu2F6N8O6. The molecule has 0 bridgehead atoms. The summed E-state index contributed by atoms with van der Waals surface area (Å²) in [4.78, 5) is 25.6. The first-order valence-corrected chi connectivity index (χ1v) is 12.2. The van der Waals surface area contributed by atoms with Crippen molar-refractivity contribution in [3.8, 4) is 12.1 Å². The molecule has 0 saturated carbocycles. The van der Waals surface area contributed by atoms with E-state index in [4.69, 9.17) is 30.3 Å². The number of nitrogens with zero attached hydrogens (tertiary/aromatic N) is 8. The number of aliphatic carboxylic acids is 2. The number of hydrogen-bond donors (Lipinski definition) is 0. The molecule has 50 heavy (non-hydrogen) atoms. The van der Waals surface area contributed by atoms with Gasteiger partial charge >= 0.3 is 46.5 Å². The smallest absolute Gasteiger partial charge is 0.805 e. The van der Waals surface area contributed by atoms with E-state index in [-0.39, 0.29) is 34.1 Å². The molecule has 0 atom stereocenters. The Kier molecular flexibility index (Phi) is 29.0. The van der Waals surface area contributed by atoms with Crippen LogP contribution in [-0.2, 0) is 43.7 Å². The van der Waals surface area contributed by atoms with Gasteiger partial charge in [-0.2, -0.15) is 36.9 Å². The number of rotatable bonds is 4. The van der Waals surface area contributed by atoms with Crippen LogP contribution in [0, 0.1) is 33.1 Å². The number of alkyl halides is 6. The molecule has 4 aromatic rings. The van der Waals surface area contributed by atoms with Crippen LogP contribution in [0.5, 0.6) is 0 Å². The second-order valence-corrected chi connectivity index (χ2v) is 7.39. The van der Waals surface area contributed by atoms with Gasteiger partial charge in [-0.05, 0) is 60.9 Å². The van der Waals surface area contributed by atoms with Crippen molar-refractivity contribution >= 4 is 35.2 Å². The summed E-state index contributed by atoms with van der Waals surface area (Å²) in [5.41, 5.74) is 0. The summed E-state index contributed by atoms with van der Waals surface area (Å²) in [7, 11) is 0. The normalized spacial score (nSPS) is 8.92. The number of halogens is 6. The van der Waals surface area contributed by atoms with Crippen LogP contribution in [0.25, 0.3) is 10.6 Å². The van der Waals surface area contributed by atoms with Gasteiger partial charge in [0, 0.05) is 26.2 Å². The molecule has 0 unspecified atom stereocenters. The van der Waals surface area contributed by atoms with Crippen LogP contribution >= 0.6 is 0 Å². The van der Waals surface area contributed by atoms with E-state index in [1.54, 1.807) is 85.2 Å². The molecule has 4 rings (SSSR count). The number of carboxylic acids is 2. The van der Waals surface area contributed by atoms with Crippen LogP contribution < -0.4 is 19.7 Å². The van der Waals surface area contributed by atoms with E-state index < -0.39 is 24.3 Å². The predicted molar refractivity (Wildman–Crippen MR) is 149 cm³/mol. The molecule has 0 aromatic carbocycles. The number of aromatic nitrogens is 4. The Hall–Kier alpha value is -5.66. The molecule has 274 valence electrons. The third-order valence-corrected chi connectivity index (χ3v) is 3.83. The summed E-state index contributed by atoms with van der Waals surface area (Å²) in [6, 6.07) is 24.4. The Morgan fingerprint density at radius 3 is 1.10 bits per heavy atom. The molecule has 2 radical (unpaired) electrons. The molecule has 4 heterocycles. The van der Waals surface area contributed by atoms with Crippen molar-refractivity contribution in [2.75, 3.05) is 0 Å². The van der Waals surface area contributed by atoms with E-state index in [2.05, 4.69) is 20.6 Å². The summed E-state index contributed by atoms with van der Waals surface area (Å²) < 4.78 is 64.5. The molecule has 0 N–H and O–H groups in total. The molecule has 0 fully saturated rings. The quantitative estimate of drug-likeness (QED) is 0.125. The summed E-state index contributed by atoms with van der Waals surface area (Å²) in [5.74, 6) is -4.27. The first kappa shape index (κ1) is 51.2. The van der Waals surface area contributed by atoms with E-state index in [1.165, 1.54) is 26.2 Å². The maximum absolute atomic E-state index is 11.2. The van der Waals surface area contributed by atoms with E-state index in [0.717, 1.165) is 0 Å². The minimum Gasteiger partial charge on any atom is -0.805 e. The molecule has 4 aromatic heterocycles. The summed E-state index contributed by atoms with van der Waals surface area (Å²) in [6.07, 6.45) is -4.31. The van der Waals surface area contributed by atoms with E-state index in [1.807, 2.05) is 12.1 Å². The molecule has 0 aliphatic heterocycles. The van der Waals surface area contributed by atoms with Gasteiger partial charge in [-0.15, -0.1) is 0 Å². The topological polar surface area (TPSA) is 236 Å². The zero-order valence-electron chi connectivity index (χ0n) is 25.1. The Morgan fingerprint density at radius 1 is 0.640 bits per heavy atom. The van der Waals surface area contributed by atoms with Crippen molar-refractivity contribution in [2.24, 2.45) is 0 Å². The van der Waals surface area contributed by atoms with Crippen molar-refractivity contribution in [2.45, 2.75) is 26.2 Å². The minimum atomic E-state index is -5.19. The van der Waals surface area contributed by atoms with Gasteiger partial charge in [-0.3, -0.25) is 0 Å². The molecule has 22 heteroatoms. The second-order valence-electron chi connectivity index (χ2n) is 7.39. The molecule has 14 nitrogen and oxygen atoms in total. The van der Waals surface area contributed by atoms with E-state index >= 15 is 0 Å². The SMILES string of the molecule is CC#N.CC#N.O=C([O-])C(F)(F)F.O=C([O-])C(F)(F)F.[Cu+2].[Cu+2].[O-][n+]1ccccc1[N-]c1ccccn1.[O-][n+]1ccccc1[N-]c1ccccn1. The maximum atomic E-state index is 11.2. The van der Waals surface area contributed by atoms with Gasteiger partial charge < -0.3 is 39.7 Å². The standard InChI is InChI=1S/2C10H8N3O.2C2HF3O2.2C2H3N.2Cu/c2*14-13-8-4-2-6-10(13)12-9-5-1-3-7-11-9;2*3-2(4,5)1(6)7;2*1-2-3;;/h2*1-8H;2*(H,6,7);2*1H3;;/q2*-1;;;;;2*+2/p-2. The largest absolute Gasteiger partial charge is 2.00 e. The Bertz CT molecular complexity index is 1480. The minimum absolute atomic E-state index is 0. The Balaban J connectivity index is -0.000000275. The number of carboxylic acid groups (broad SMARTS) is 2. The molecule has 0 aliphatic carbocycles. The fourth-order valence-corrected chi connectivity index (χ4v) is 2.09. The molecule has 0 amide bonds. The number of carbonyl (C=O) groups is 2. The van der Waals surface area contributed by atoms with Crippen LogP contribution in [-0.4, -0.2) is 34.3 Å². The van der Waals surface area contributed by atoms with Crippen LogP contribution in [0.15, 0.2) is 97.6 Å². The number of nitriles is 2. The van der Waals surface area contributed by atoms with Crippen LogP contribution in [0.1, 0.15) is 13.8 Å². The van der Waals surface area contributed by atoms with E-state index in [0.29, 0.717) is 32.7 Å². The van der Waals surface area contributed by atoms with Crippen molar-refractivity contribution in [3.63, 3.8) is 0 Å². The second kappa shape index (κ2) is 28.4. The molecule has 0 aliphatic rings. The molecule has 0 spiro atoms. The van der Waals surface area contributed by atoms with Gasteiger partial charge in [0.1, 0.15) is 23.6 Å². The van der Waals surface area contributed by atoms with Crippen molar-refractivity contribution in [1.82, 2.24) is 9.97 Å².